The molecule has 0 radical (unpaired) electrons. The number of anilines is 1. The summed E-state index contributed by atoms with van der Waals surface area (Å²) >= 11 is 0. The summed E-state index contributed by atoms with van der Waals surface area (Å²) in [6.45, 7) is 2.52. The van der Waals surface area contributed by atoms with Gasteiger partial charge in [0.2, 0.25) is 5.88 Å². The number of benzene rings is 2. The van der Waals surface area contributed by atoms with Crippen LogP contribution in [0.4, 0.5) is 18.9 Å². The van der Waals surface area contributed by atoms with Gasteiger partial charge in [-0.2, -0.15) is 10.2 Å². The summed E-state index contributed by atoms with van der Waals surface area (Å²) in [7, 11) is 0. The van der Waals surface area contributed by atoms with Crippen LogP contribution in [0.2, 0.25) is 0 Å². The van der Waals surface area contributed by atoms with E-state index in [-0.39, 0.29) is 63.7 Å². The standard InChI is InChI=1S/C35H31F3N6O2/c1-2-24-28(37)7-4-19-10-23(45)11-25(30(19)24)31-29(38)12-26-32(43-16-21-5-6-22(17-43)40-21)27(14-39)34(42-33(26)41-31)46-18-35-8-3-9-44(35)15-20(36)13-35/h1,4,7,10-12,20-22,40,45H,3,5-6,8-9,13,15-18H2/t20-,21?,22?,35+/m1/s1. The molecule has 2 aromatic carbocycles. The summed E-state index contributed by atoms with van der Waals surface area (Å²) < 4.78 is 52.0. The number of aromatic hydroxyl groups is 1. The Bertz CT molecular complexity index is 2000. The minimum Gasteiger partial charge on any atom is -0.508 e. The van der Waals surface area contributed by atoms with Crippen molar-refractivity contribution in [2.75, 3.05) is 37.7 Å². The molecule has 4 fully saturated rings. The van der Waals surface area contributed by atoms with E-state index in [0.29, 0.717) is 42.5 Å². The van der Waals surface area contributed by atoms with E-state index < -0.39 is 23.3 Å². The highest BCUT2D eigenvalue weighted by atomic mass is 19.1. The molecule has 0 saturated carbocycles. The maximum atomic E-state index is 16.3. The fourth-order valence-corrected chi connectivity index (χ4v) is 8.23. The van der Waals surface area contributed by atoms with E-state index in [1.165, 1.54) is 30.3 Å². The maximum absolute atomic E-state index is 16.3. The van der Waals surface area contributed by atoms with E-state index in [9.17, 15) is 19.1 Å². The van der Waals surface area contributed by atoms with Crippen molar-refractivity contribution in [1.82, 2.24) is 20.2 Å². The predicted molar refractivity (Wildman–Crippen MR) is 167 cm³/mol. The molecule has 11 heteroatoms. The number of fused-ring (bicyclic) bond motifs is 5. The third-order valence-electron chi connectivity index (χ3n) is 10.2. The Morgan fingerprint density at radius 3 is 2.65 bits per heavy atom. The number of phenolic OH excluding ortho intramolecular Hbond substituents is 1. The second-order valence-electron chi connectivity index (χ2n) is 13.0. The summed E-state index contributed by atoms with van der Waals surface area (Å²) in [6, 6.07) is 9.40. The Balaban J connectivity index is 1.32. The molecule has 2 N–H and O–H groups in total. The molecule has 4 aliphatic heterocycles. The third-order valence-corrected chi connectivity index (χ3v) is 10.2. The second-order valence-corrected chi connectivity index (χ2v) is 13.0. The average Bonchev–Trinajstić information content (AvgIpc) is 3.68. The number of nitrogens with one attached hydrogen (secondary N) is 1. The van der Waals surface area contributed by atoms with Gasteiger partial charge in [-0.15, -0.1) is 6.42 Å². The third kappa shape index (κ3) is 4.52. The van der Waals surface area contributed by atoms with Crippen molar-refractivity contribution < 1.29 is 23.0 Å². The van der Waals surface area contributed by atoms with E-state index in [4.69, 9.17) is 11.2 Å². The smallest absolute Gasteiger partial charge is 0.236 e. The minimum absolute atomic E-state index is 0.0561. The molecule has 6 heterocycles. The van der Waals surface area contributed by atoms with Gasteiger partial charge in [0.05, 0.1) is 16.8 Å². The number of piperazine rings is 1. The normalized spacial score (nSPS) is 25.6. The molecule has 2 bridgehead atoms. The number of ether oxygens (including phenoxy) is 1. The van der Waals surface area contributed by atoms with Crippen LogP contribution in [-0.4, -0.2) is 76.6 Å². The van der Waals surface area contributed by atoms with E-state index >= 15 is 4.39 Å². The second kappa shape index (κ2) is 10.8. The molecule has 46 heavy (non-hydrogen) atoms. The van der Waals surface area contributed by atoms with Crippen LogP contribution < -0.4 is 15.0 Å². The predicted octanol–water partition coefficient (Wildman–Crippen LogP) is 5.18. The zero-order valence-electron chi connectivity index (χ0n) is 25.0. The number of pyridine rings is 2. The van der Waals surface area contributed by atoms with Gasteiger partial charge in [0.25, 0.3) is 0 Å². The summed E-state index contributed by atoms with van der Waals surface area (Å²) in [5, 5.41) is 25.6. The Labute approximate surface area is 263 Å². The summed E-state index contributed by atoms with van der Waals surface area (Å²) in [4.78, 5) is 13.5. The van der Waals surface area contributed by atoms with Crippen LogP contribution in [0.25, 0.3) is 33.1 Å². The highest BCUT2D eigenvalue weighted by Gasteiger charge is 2.49. The molecule has 234 valence electrons. The topological polar surface area (TPSA) is 97.5 Å². The molecule has 4 aromatic rings. The zero-order chi connectivity index (χ0) is 31.7. The van der Waals surface area contributed by atoms with Crippen LogP contribution >= 0.6 is 0 Å². The molecular weight excluding hydrogens is 593 g/mol. The van der Waals surface area contributed by atoms with Crippen LogP contribution in [0.5, 0.6) is 11.6 Å². The first-order valence-electron chi connectivity index (χ1n) is 15.7. The number of hydrogen-bond donors (Lipinski definition) is 2. The van der Waals surface area contributed by atoms with Gasteiger partial charge in [0.1, 0.15) is 47.5 Å². The molecule has 4 atom stereocenters. The summed E-state index contributed by atoms with van der Waals surface area (Å²) in [5.41, 5.74) is 0.166. The lowest BCUT2D eigenvalue weighted by molar-refractivity contribution is 0.110. The van der Waals surface area contributed by atoms with Crippen molar-refractivity contribution in [3.8, 4) is 41.3 Å². The fraction of sp³-hybridized carbons (Fsp3) is 0.400. The molecule has 0 spiro atoms. The first kappa shape index (κ1) is 28.9. The Morgan fingerprint density at radius 2 is 1.89 bits per heavy atom. The lowest BCUT2D eigenvalue weighted by atomic mass is 9.95. The first-order chi connectivity index (χ1) is 22.3. The molecular formula is C35H31F3N6O2. The number of aromatic nitrogens is 2. The van der Waals surface area contributed by atoms with Gasteiger partial charge in [0, 0.05) is 54.5 Å². The van der Waals surface area contributed by atoms with Crippen LogP contribution in [-0.2, 0) is 0 Å². The van der Waals surface area contributed by atoms with Crippen molar-refractivity contribution in [1.29, 1.82) is 5.26 Å². The number of nitrogens with zero attached hydrogens (tertiary/aromatic N) is 5. The number of rotatable bonds is 5. The van der Waals surface area contributed by atoms with Gasteiger partial charge >= 0.3 is 0 Å². The summed E-state index contributed by atoms with van der Waals surface area (Å²) in [6.07, 6.45) is 8.78. The zero-order valence-corrected chi connectivity index (χ0v) is 25.0. The molecule has 2 aromatic heterocycles. The van der Waals surface area contributed by atoms with Crippen LogP contribution in [0.15, 0.2) is 30.3 Å². The quantitative estimate of drug-likeness (QED) is 0.293. The largest absolute Gasteiger partial charge is 0.508 e. The fourth-order valence-electron chi connectivity index (χ4n) is 8.23. The number of halogens is 3. The summed E-state index contributed by atoms with van der Waals surface area (Å²) in [5.74, 6) is 0.839. The lowest BCUT2D eigenvalue weighted by Gasteiger charge is -2.36. The highest BCUT2D eigenvalue weighted by molar-refractivity contribution is 6.03. The Kier molecular flexibility index (Phi) is 6.75. The van der Waals surface area contributed by atoms with Crippen molar-refractivity contribution in [2.45, 2.75) is 55.9 Å². The molecule has 0 amide bonds. The Morgan fingerprint density at radius 1 is 1.09 bits per heavy atom. The monoisotopic (exact) mass is 624 g/mol. The number of terminal acetylenes is 1. The number of nitriles is 1. The highest BCUT2D eigenvalue weighted by Crippen LogP contribution is 2.43. The average molecular weight is 625 g/mol. The SMILES string of the molecule is C#Cc1c(F)ccc2cc(O)cc(-c3nc4nc(OC[C@@]56CCCN5C[C@H](F)C6)c(C#N)c(N5CC6CCC(C5)N6)c4cc3F)c12. The van der Waals surface area contributed by atoms with Crippen molar-refractivity contribution in [3.05, 3.63) is 53.1 Å². The molecule has 2 unspecified atom stereocenters. The van der Waals surface area contributed by atoms with Crippen molar-refractivity contribution in [2.24, 2.45) is 0 Å². The molecule has 8 rings (SSSR count). The van der Waals surface area contributed by atoms with Crippen LogP contribution in [0.1, 0.15) is 43.2 Å². The molecule has 4 saturated heterocycles. The van der Waals surface area contributed by atoms with Gasteiger partial charge < -0.3 is 20.1 Å². The number of phenols is 1. The minimum atomic E-state index is -0.946. The van der Waals surface area contributed by atoms with Gasteiger partial charge in [-0.3, -0.25) is 4.90 Å². The number of hydrogen-bond acceptors (Lipinski definition) is 8. The van der Waals surface area contributed by atoms with Crippen LogP contribution in [0.3, 0.4) is 0 Å². The van der Waals surface area contributed by atoms with Crippen LogP contribution in [0, 0.1) is 35.3 Å². The lowest BCUT2D eigenvalue weighted by Crippen LogP contribution is -2.51. The van der Waals surface area contributed by atoms with Gasteiger partial charge in [-0.05, 0) is 61.9 Å². The maximum Gasteiger partial charge on any atom is 0.236 e. The van der Waals surface area contributed by atoms with E-state index in [2.05, 4.69) is 37.1 Å². The first-order valence-corrected chi connectivity index (χ1v) is 15.7. The van der Waals surface area contributed by atoms with Crippen molar-refractivity contribution >= 4 is 27.5 Å². The molecule has 0 aliphatic carbocycles. The molecule has 8 nitrogen and oxygen atoms in total. The van der Waals surface area contributed by atoms with E-state index in [1.54, 1.807) is 0 Å². The Hall–Kier alpha value is -4.58. The number of alkyl halides is 1. The van der Waals surface area contributed by atoms with Gasteiger partial charge in [-0.1, -0.05) is 12.0 Å². The van der Waals surface area contributed by atoms with E-state index in [1.807, 2.05) is 0 Å². The van der Waals surface area contributed by atoms with Crippen molar-refractivity contribution in [3.63, 3.8) is 0 Å². The van der Waals surface area contributed by atoms with Gasteiger partial charge in [0.15, 0.2) is 5.65 Å². The molecule has 4 aliphatic rings. The van der Waals surface area contributed by atoms with E-state index in [0.717, 1.165) is 32.2 Å². The van der Waals surface area contributed by atoms with Gasteiger partial charge in [-0.25, -0.2) is 18.2 Å².